The molecule has 1 aromatic carbocycles. The Kier molecular flexibility index (Phi) is 7.73. The number of anilines is 2. The number of aliphatic hydroxyl groups excluding tert-OH is 2. The van der Waals surface area contributed by atoms with E-state index in [1.165, 1.54) is 35.6 Å². The summed E-state index contributed by atoms with van der Waals surface area (Å²) in [4.78, 5) is 15.3. The molecule has 2 fully saturated rings. The number of thiazole rings is 1. The number of likely N-dealkylation sites (N-methyl/N-ethyl adjacent to an activating group) is 1. The van der Waals surface area contributed by atoms with E-state index in [0.29, 0.717) is 24.0 Å². The SMILES string of the molecule is C[C@H]1CC[C@H](c2ccc3sc(CCN4CCCC4)nc3c2)N(C(O)C(O)N(C)c2ccc(N)nc2)C1. The molecule has 36 heavy (non-hydrogen) atoms. The third kappa shape index (κ3) is 5.50. The van der Waals surface area contributed by atoms with Crippen LogP contribution in [0.1, 0.15) is 49.2 Å². The second-order valence-electron chi connectivity index (χ2n) is 10.4. The van der Waals surface area contributed by atoms with Crippen molar-refractivity contribution in [3.05, 3.63) is 47.1 Å². The van der Waals surface area contributed by atoms with Crippen molar-refractivity contribution in [2.75, 3.05) is 43.9 Å². The lowest BCUT2D eigenvalue weighted by Gasteiger charge is -2.44. The smallest absolute Gasteiger partial charge is 0.166 e. The molecule has 0 spiro atoms. The van der Waals surface area contributed by atoms with Crippen molar-refractivity contribution in [2.24, 2.45) is 5.92 Å². The molecule has 2 saturated heterocycles. The summed E-state index contributed by atoms with van der Waals surface area (Å²) >= 11 is 1.79. The van der Waals surface area contributed by atoms with Gasteiger partial charge in [0.2, 0.25) is 0 Å². The first-order valence-electron chi connectivity index (χ1n) is 13.1. The quantitative estimate of drug-likeness (QED) is 0.396. The highest BCUT2D eigenvalue weighted by Gasteiger charge is 2.36. The molecular formula is C27H38N6O2S. The Hall–Kier alpha value is -2.30. The van der Waals surface area contributed by atoms with E-state index in [-0.39, 0.29) is 6.04 Å². The predicted molar refractivity (Wildman–Crippen MR) is 146 cm³/mol. The third-order valence-electron chi connectivity index (χ3n) is 7.72. The number of nitrogen functional groups attached to an aromatic ring is 1. The van der Waals surface area contributed by atoms with Gasteiger partial charge >= 0.3 is 0 Å². The second-order valence-corrected chi connectivity index (χ2v) is 11.5. The minimum atomic E-state index is -1.11. The van der Waals surface area contributed by atoms with Gasteiger partial charge < -0.3 is 25.7 Å². The van der Waals surface area contributed by atoms with Gasteiger partial charge in [-0.3, -0.25) is 4.90 Å². The summed E-state index contributed by atoms with van der Waals surface area (Å²) in [6.07, 6.45) is 5.08. The number of benzene rings is 1. The van der Waals surface area contributed by atoms with Crippen molar-refractivity contribution in [1.29, 1.82) is 0 Å². The molecule has 5 rings (SSSR count). The molecule has 3 aromatic rings. The van der Waals surface area contributed by atoms with Crippen molar-refractivity contribution in [1.82, 2.24) is 19.8 Å². The number of aliphatic hydroxyl groups is 2. The highest BCUT2D eigenvalue weighted by molar-refractivity contribution is 7.18. The largest absolute Gasteiger partial charge is 0.384 e. The van der Waals surface area contributed by atoms with Crippen molar-refractivity contribution >= 4 is 33.1 Å². The lowest BCUT2D eigenvalue weighted by atomic mass is 9.89. The van der Waals surface area contributed by atoms with Gasteiger partial charge in [-0.1, -0.05) is 13.0 Å². The zero-order valence-corrected chi connectivity index (χ0v) is 22.1. The van der Waals surface area contributed by atoms with Crippen molar-refractivity contribution in [2.45, 2.75) is 57.5 Å². The minimum Gasteiger partial charge on any atom is -0.384 e. The van der Waals surface area contributed by atoms with Crippen LogP contribution in [-0.2, 0) is 6.42 Å². The Morgan fingerprint density at radius 3 is 2.72 bits per heavy atom. The van der Waals surface area contributed by atoms with E-state index in [2.05, 4.69) is 35.0 Å². The van der Waals surface area contributed by atoms with E-state index >= 15 is 0 Å². The maximum Gasteiger partial charge on any atom is 0.166 e. The Bertz CT molecular complexity index is 1150. The normalized spacial score (nSPS) is 23.2. The predicted octanol–water partition coefficient (Wildman–Crippen LogP) is 3.46. The molecule has 2 aromatic heterocycles. The van der Waals surface area contributed by atoms with Gasteiger partial charge in [0.15, 0.2) is 12.5 Å². The first-order valence-corrected chi connectivity index (χ1v) is 13.9. The van der Waals surface area contributed by atoms with Crippen LogP contribution >= 0.6 is 11.3 Å². The summed E-state index contributed by atoms with van der Waals surface area (Å²) in [6.45, 7) is 6.42. The van der Waals surface area contributed by atoms with Crippen molar-refractivity contribution in [3.63, 3.8) is 0 Å². The summed E-state index contributed by atoms with van der Waals surface area (Å²) < 4.78 is 1.21. The number of aromatic nitrogens is 2. The fourth-order valence-electron chi connectivity index (χ4n) is 5.53. The lowest BCUT2D eigenvalue weighted by Crippen LogP contribution is -2.54. The van der Waals surface area contributed by atoms with Gasteiger partial charge in [-0.05, 0) is 74.5 Å². The Morgan fingerprint density at radius 2 is 1.97 bits per heavy atom. The van der Waals surface area contributed by atoms with E-state index in [1.54, 1.807) is 41.6 Å². The topological polar surface area (TPSA) is 102 Å². The van der Waals surface area contributed by atoms with Gasteiger partial charge in [-0.25, -0.2) is 9.97 Å². The molecule has 4 heterocycles. The molecule has 0 bridgehead atoms. The fraction of sp³-hybridized carbons (Fsp3) is 0.556. The van der Waals surface area contributed by atoms with Gasteiger partial charge in [0.25, 0.3) is 0 Å². The van der Waals surface area contributed by atoms with Crippen LogP contribution in [0.3, 0.4) is 0 Å². The Morgan fingerprint density at radius 1 is 1.17 bits per heavy atom. The molecular weight excluding hydrogens is 472 g/mol. The molecule has 2 aliphatic rings. The number of pyridine rings is 1. The first-order chi connectivity index (χ1) is 17.4. The fourth-order valence-corrected chi connectivity index (χ4v) is 6.47. The highest BCUT2D eigenvalue weighted by atomic mass is 32.1. The average Bonchev–Trinajstić information content (AvgIpc) is 3.55. The molecule has 2 aliphatic heterocycles. The lowest BCUT2D eigenvalue weighted by molar-refractivity contribution is -0.117. The van der Waals surface area contributed by atoms with E-state index in [1.807, 2.05) is 4.90 Å². The van der Waals surface area contributed by atoms with Crippen LogP contribution in [0.4, 0.5) is 11.5 Å². The zero-order chi connectivity index (χ0) is 25.2. The van der Waals surface area contributed by atoms with E-state index < -0.39 is 12.5 Å². The number of piperidine rings is 1. The van der Waals surface area contributed by atoms with E-state index in [9.17, 15) is 10.2 Å². The van der Waals surface area contributed by atoms with Crippen LogP contribution in [0.25, 0.3) is 10.2 Å². The van der Waals surface area contributed by atoms with Crippen molar-refractivity contribution < 1.29 is 10.2 Å². The molecule has 2 unspecified atom stereocenters. The number of likely N-dealkylation sites (tertiary alicyclic amines) is 2. The Labute approximate surface area is 217 Å². The summed E-state index contributed by atoms with van der Waals surface area (Å²) in [7, 11) is 1.76. The minimum absolute atomic E-state index is 0.0166. The second kappa shape index (κ2) is 11.0. The van der Waals surface area contributed by atoms with Crippen LogP contribution in [-0.4, -0.2) is 75.7 Å². The van der Waals surface area contributed by atoms with Crippen LogP contribution in [0.2, 0.25) is 0 Å². The van der Waals surface area contributed by atoms with Crippen LogP contribution in [0, 0.1) is 5.92 Å². The average molecular weight is 511 g/mol. The number of hydrogen-bond acceptors (Lipinski definition) is 9. The maximum absolute atomic E-state index is 11.3. The van der Waals surface area contributed by atoms with Crippen molar-refractivity contribution in [3.8, 4) is 0 Å². The number of rotatable bonds is 8. The standard InChI is InChI=1S/C27H38N6O2S/c1-18-5-8-22(33(17-18)27(35)26(34)31(2)20-7-10-24(28)29-16-20)19-6-9-23-21(15-19)30-25(36-23)11-14-32-12-3-4-13-32/h6-7,9-10,15-16,18,22,26-27,34-35H,3-5,8,11-14,17H2,1-2H3,(H2,28,29)/t18-,22+,26?,27?/m0/s1. The van der Waals surface area contributed by atoms with Crippen LogP contribution < -0.4 is 10.6 Å². The van der Waals surface area contributed by atoms with Gasteiger partial charge in [0, 0.05) is 32.6 Å². The van der Waals surface area contributed by atoms with Crippen LogP contribution in [0.15, 0.2) is 36.5 Å². The molecule has 4 atom stereocenters. The Balaban J connectivity index is 1.33. The van der Waals surface area contributed by atoms with Gasteiger partial charge in [0.1, 0.15) is 5.82 Å². The monoisotopic (exact) mass is 510 g/mol. The number of fused-ring (bicyclic) bond motifs is 1. The van der Waals surface area contributed by atoms with Crippen LogP contribution in [0.5, 0.6) is 0 Å². The molecule has 0 radical (unpaired) electrons. The number of hydrogen-bond donors (Lipinski definition) is 3. The zero-order valence-electron chi connectivity index (χ0n) is 21.3. The van der Waals surface area contributed by atoms with Gasteiger partial charge in [-0.15, -0.1) is 11.3 Å². The molecule has 9 heteroatoms. The highest BCUT2D eigenvalue weighted by Crippen LogP contribution is 2.37. The molecule has 0 aliphatic carbocycles. The molecule has 4 N–H and O–H groups in total. The third-order valence-corrected chi connectivity index (χ3v) is 8.81. The first kappa shape index (κ1) is 25.4. The summed E-state index contributed by atoms with van der Waals surface area (Å²) in [6, 6.07) is 10.0. The summed E-state index contributed by atoms with van der Waals surface area (Å²) in [5.74, 6) is 0.857. The summed E-state index contributed by atoms with van der Waals surface area (Å²) in [5, 5.41) is 23.6. The summed E-state index contributed by atoms with van der Waals surface area (Å²) in [5.41, 5.74) is 8.59. The molecule has 8 nitrogen and oxygen atoms in total. The molecule has 0 amide bonds. The number of nitrogens with two attached hydrogens (primary N) is 1. The molecule has 194 valence electrons. The van der Waals surface area contributed by atoms with Gasteiger partial charge in [-0.2, -0.15) is 0 Å². The molecule has 0 saturated carbocycles. The van der Waals surface area contributed by atoms with E-state index in [4.69, 9.17) is 10.7 Å². The van der Waals surface area contributed by atoms with Gasteiger partial charge in [0.05, 0.1) is 27.1 Å². The van der Waals surface area contributed by atoms with E-state index in [0.717, 1.165) is 36.9 Å². The number of nitrogens with zero attached hydrogens (tertiary/aromatic N) is 5. The maximum atomic E-state index is 11.3.